The molecule has 5 heteroatoms. The van der Waals surface area contributed by atoms with Crippen LogP contribution in [0.1, 0.15) is 42.5 Å². The van der Waals surface area contributed by atoms with Gasteiger partial charge in [-0.2, -0.15) is 0 Å². The Bertz CT molecular complexity index is 470. The predicted molar refractivity (Wildman–Crippen MR) is 80.4 cm³/mol. The van der Waals surface area contributed by atoms with E-state index in [9.17, 15) is 4.79 Å². The first-order chi connectivity index (χ1) is 10.2. The summed E-state index contributed by atoms with van der Waals surface area (Å²) in [4.78, 5) is 12.4. The zero-order valence-electron chi connectivity index (χ0n) is 12.9. The average Bonchev–Trinajstić information content (AvgIpc) is 2.54. The van der Waals surface area contributed by atoms with E-state index in [-0.39, 0.29) is 11.9 Å². The maximum atomic E-state index is 12.4. The van der Waals surface area contributed by atoms with Gasteiger partial charge in [0, 0.05) is 11.6 Å². The molecule has 2 rings (SSSR count). The normalized spacial score (nSPS) is 15.4. The molecule has 1 N–H and O–H groups in total. The van der Waals surface area contributed by atoms with Gasteiger partial charge in [0.05, 0.1) is 21.3 Å². The Morgan fingerprint density at radius 2 is 1.57 bits per heavy atom. The summed E-state index contributed by atoms with van der Waals surface area (Å²) in [7, 11) is 4.63. The summed E-state index contributed by atoms with van der Waals surface area (Å²) in [5.74, 6) is 1.38. The topological polar surface area (TPSA) is 56.8 Å². The van der Waals surface area contributed by atoms with E-state index in [0.29, 0.717) is 22.8 Å². The van der Waals surface area contributed by atoms with Crippen LogP contribution in [-0.2, 0) is 0 Å². The number of ether oxygens (including phenoxy) is 3. The van der Waals surface area contributed by atoms with Gasteiger partial charge in [0.1, 0.15) is 0 Å². The maximum absolute atomic E-state index is 12.4. The Labute approximate surface area is 125 Å². The smallest absolute Gasteiger partial charge is 0.251 e. The van der Waals surface area contributed by atoms with Crippen LogP contribution in [0.2, 0.25) is 0 Å². The van der Waals surface area contributed by atoms with Gasteiger partial charge in [-0.25, -0.2) is 0 Å². The number of hydrogen-bond acceptors (Lipinski definition) is 4. The van der Waals surface area contributed by atoms with Gasteiger partial charge in [-0.05, 0) is 25.0 Å². The molecule has 1 saturated carbocycles. The van der Waals surface area contributed by atoms with E-state index in [0.717, 1.165) is 12.8 Å². The summed E-state index contributed by atoms with van der Waals surface area (Å²) >= 11 is 0. The standard InChI is InChI=1S/C16H23NO4/c1-19-13-9-11(10-14(20-2)15(13)21-3)16(18)17-12-7-5-4-6-8-12/h9-10,12H,4-8H2,1-3H3,(H,17,18). The Morgan fingerprint density at radius 1 is 1.00 bits per heavy atom. The monoisotopic (exact) mass is 293 g/mol. The zero-order valence-corrected chi connectivity index (χ0v) is 12.9. The molecule has 0 aromatic heterocycles. The summed E-state index contributed by atoms with van der Waals surface area (Å²) in [5, 5.41) is 3.08. The fraction of sp³-hybridized carbons (Fsp3) is 0.562. The highest BCUT2D eigenvalue weighted by atomic mass is 16.5. The number of carbonyl (C=O) groups excluding carboxylic acids is 1. The van der Waals surface area contributed by atoms with Crippen LogP contribution in [-0.4, -0.2) is 33.3 Å². The molecule has 1 aliphatic rings. The van der Waals surface area contributed by atoms with Gasteiger partial charge in [0.25, 0.3) is 5.91 Å². The van der Waals surface area contributed by atoms with Crippen molar-refractivity contribution in [2.45, 2.75) is 38.1 Å². The van der Waals surface area contributed by atoms with Crippen LogP contribution in [0, 0.1) is 0 Å². The lowest BCUT2D eigenvalue weighted by Crippen LogP contribution is -2.36. The highest BCUT2D eigenvalue weighted by Gasteiger charge is 2.20. The number of benzene rings is 1. The minimum Gasteiger partial charge on any atom is -0.493 e. The molecule has 1 fully saturated rings. The van der Waals surface area contributed by atoms with Crippen molar-refractivity contribution < 1.29 is 19.0 Å². The summed E-state index contributed by atoms with van der Waals surface area (Å²) in [6.45, 7) is 0. The van der Waals surface area contributed by atoms with Gasteiger partial charge in [-0.1, -0.05) is 19.3 Å². The van der Waals surface area contributed by atoms with Crippen LogP contribution in [0.4, 0.5) is 0 Å². The second-order valence-corrected chi connectivity index (χ2v) is 5.22. The minimum atomic E-state index is -0.0962. The molecule has 1 amide bonds. The second-order valence-electron chi connectivity index (χ2n) is 5.22. The molecule has 116 valence electrons. The quantitative estimate of drug-likeness (QED) is 0.907. The van der Waals surface area contributed by atoms with E-state index < -0.39 is 0 Å². The van der Waals surface area contributed by atoms with Crippen molar-refractivity contribution in [2.75, 3.05) is 21.3 Å². The average molecular weight is 293 g/mol. The van der Waals surface area contributed by atoms with Crippen molar-refractivity contribution in [2.24, 2.45) is 0 Å². The van der Waals surface area contributed by atoms with Crippen LogP contribution in [0.25, 0.3) is 0 Å². The number of carbonyl (C=O) groups is 1. The molecule has 0 heterocycles. The molecule has 0 saturated heterocycles. The molecule has 0 aliphatic heterocycles. The molecule has 0 atom stereocenters. The highest BCUT2D eigenvalue weighted by Crippen LogP contribution is 2.38. The fourth-order valence-electron chi connectivity index (χ4n) is 2.73. The Balaban J connectivity index is 2.19. The lowest BCUT2D eigenvalue weighted by Gasteiger charge is -2.23. The second kappa shape index (κ2) is 7.20. The zero-order chi connectivity index (χ0) is 15.2. The summed E-state index contributed by atoms with van der Waals surface area (Å²) in [6, 6.07) is 3.63. The Kier molecular flexibility index (Phi) is 5.31. The van der Waals surface area contributed by atoms with Crippen LogP contribution in [0.3, 0.4) is 0 Å². The molecular formula is C16H23NO4. The fourth-order valence-corrected chi connectivity index (χ4v) is 2.73. The third-order valence-corrected chi connectivity index (χ3v) is 3.87. The number of rotatable bonds is 5. The van der Waals surface area contributed by atoms with E-state index in [1.807, 2.05) is 0 Å². The van der Waals surface area contributed by atoms with Crippen molar-refractivity contribution in [3.63, 3.8) is 0 Å². The van der Waals surface area contributed by atoms with Gasteiger partial charge in [0.2, 0.25) is 5.75 Å². The third kappa shape index (κ3) is 3.60. The van der Waals surface area contributed by atoms with E-state index >= 15 is 0 Å². The van der Waals surface area contributed by atoms with Gasteiger partial charge in [0.15, 0.2) is 11.5 Å². The molecule has 21 heavy (non-hydrogen) atoms. The molecule has 1 aromatic rings. The van der Waals surface area contributed by atoms with Crippen molar-refractivity contribution in [1.29, 1.82) is 0 Å². The molecular weight excluding hydrogens is 270 g/mol. The van der Waals surface area contributed by atoms with E-state index in [4.69, 9.17) is 14.2 Å². The van der Waals surface area contributed by atoms with Crippen molar-refractivity contribution >= 4 is 5.91 Å². The lowest BCUT2D eigenvalue weighted by molar-refractivity contribution is 0.0927. The summed E-state index contributed by atoms with van der Waals surface area (Å²) < 4.78 is 15.8. The van der Waals surface area contributed by atoms with E-state index in [1.54, 1.807) is 33.5 Å². The molecule has 0 bridgehead atoms. The number of amides is 1. The van der Waals surface area contributed by atoms with E-state index in [2.05, 4.69) is 5.32 Å². The van der Waals surface area contributed by atoms with Gasteiger partial charge >= 0.3 is 0 Å². The minimum absolute atomic E-state index is 0.0962. The third-order valence-electron chi connectivity index (χ3n) is 3.87. The van der Waals surface area contributed by atoms with Crippen LogP contribution >= 0.6 is 0 Å². The van der Waals surface area contributed by atoms with Gasteiger partial charge in [-0.3, -0.25) is 4.79 Å². The predicted octanol–water partition coefficient (Wildman–Crippen LogP) is 2.77. The number of hydrogen-bond donors (Lipinski definition) is 1. The highest BCUT2D eigenvalue weighted by molar-refractivity contribution is 5.95. The SMILES string of the molecule is COc1cc(C(=O)NC2CCCCC2)cc(OC)c1OC. The summed E-state index contributed by atoms with van der Waals surface area (Å²) in [6.07, 6.45) is 5.73. The van der Waals surface area contributed by atoms with Crippen LogP contribution < -0.4 is 19.5 Å². The molecule has 0 unspecified atom stereocenters. The molecule has 1 aromatic carbocycles. The first-order valence-electron chi connectivity index (χ1n) is 7.30. The van der Waals surface area contributed by atoms with Crippen LogP contribution in [0.5, 0.6) is 17.2 Å². The molecule has 5 nitrogen and oxygen atoms in total. The summed E-state index contributed by atoms with van der Waals surface area (Å²) in [5.41, 5.74) is 0.523. The maximum Gasteiger partial charge on any atom is 0.251 e. The van der Waals surface area contributed by atoms with Crippen LogP contribution in [0.15, 0.2) is 12.1 Å². The van der Waals surface area contributed by atoms with Crippen molar-refractivity contribution in [1.82, 2.24) is 5.32 Å². The molecule has 0 spiro atoms. The molecule has 1 aliphatic carbocycles. The number of nitrogens with one attached hydrogen (secondary N) is 1. The number of methoxy groups -OCH3 is 3. The lowest BCUT2D eigenvalue weighted by atomic mass is 9.95. The Morgan fingerprint density at radius 3 is 2.05 bits per heavy atom. The van der Waals surface area contributed by atoms with Crippen molar-refractivity contribution in [3.05, 3.63) is 17.7 Å². The first kappa shape index (κ1) is 15.5. The van der Waals surface area contributed by atoms with Gasteiger partial charge in [-0.15, -0.1) is 0 Å². The van der Waals surface area contributed by atoms with Gasteiger partial charge < -0.3 is 19.5 Å². The first-order valence-corrected chi connectivity index (χ1v) is 7.30. The van der Waals surface area contributed by atoms with Crippen molar-refractivity contribution in [3.8, 4) is 17.2 Å². The van der Waals surface area contributed by atoms with E-state index in [1.165, 1.54) is 19.3 Å². The molecule has 0 radical (unpaired) electrons. The largest absolute Gasteiger partial charge is 0.493 e. The Hall–Kier alpha value is -1.91.